The van der Waals surface area contributed by atoms with Gasteiger partial charge in [0.05, 0.1) is 54.2 Å². The summed E-state index contributed by atoms with van der Waals surface area (Å²) in [7, 11) is 7.85. The Balaban J connectivity index is 1.33. The summed E-state index contributed by atoms with van der Waals surface area (Å²) in [5, 5.41) is 3.31. The molecule has 1 amide bonds. The van der Waals surface area contributed by atoms with E-state index in [0.717, 1.165) is 36.0 Å². The average Bonchev–Trinajstić information content (AvgIpc) is 3.51. The molecule has 2 heterocycles. The van der Waals surface area contributed by atoms with Crippen molar-refractivity contribution in [2.24, 2.45) is 0 Å². The van der Waals surface area contributed by atoms with Crippen LogP contribution < -0.4 is 33.7 Å². The minimum Gasteiger partial charge on any atom is -0.493 e. The van der Waals surface area contributed by atoms with Crippen LogP contribution in [-0.4, -0.2) is 69.4 Å². The Morgan fingerprint density at radius 1 is 0.766 bits per heavy atom. The first-order valence-corrected chi connectivity index (χ1v) is 15.6. The SMILES string of the molecule is COc1cc(Oc2cc3c(cc2OC)CCN(CC(=O)NC2CCc4ccccc42)C3Cc2ccc(OC)c(OC)c2)nc(OC)n1. The number of aryl methyl sites for hydroxylation is 1. The molecule has 47 heavy (non-hydrogen) atoms. The Kier molecular flexibility index (Phi) is 9.63. The van der Waals surface area contributed by atoms with Gasteiger partial charge in [-0.3, -0.25) is 9.69 Å². The van der Waals surface area contributed by atoms with Crippen molar-refractivity contribution < 1.29 is 33.2 Å². The van der Waals surface area contributed by atoms with E-state index in [-0.39, 0.29) is 36.4 Å². The smallest absolute Gasteiger partial charge is 0.322 e. The zero-order valence-corrected chi connectivity index (χ0v) is 27.4. The van der Waals surface area contributed by atoms with E-state index >= 15 is 0 Å². The number of amides is 1. The highest BCUT2D eigenvalue weighted by atomic mass is 16.5. The van der Waals surface area contributed by atoms with Gasteiger partial charge in [-0.1, -0.05) is 30.3 Å². The van der Waals surface area contributed by atoms with Crippen LogP contribution in [0.4, 0.5) is 0 Å². The maximum absolute atomic E-state index is 13.6. The molecule has 1 aliphatic heterocycles. The predicted molar refractivity (Wildman–Crippen MR) is 175 cm³/mol. The van der Waals surface area contributed by atoms with Gasteiger partial charge in [-0.2, -0.15) is 9.97 Å². The van der Waals surface area contributed by atoms with E-state index in [4.69, 9.17) is 28.4 Å². The van der Waals surface area contributed by atoms with Crippen molar-refractivity contribution >= 4 is 5.91 Å². The lowest BCUT2D eigenvalue weighted by Gasteiger charge is -2.38. The maximum Gasteiger partial charge on any atom is 0.322 e. The Hall–Kier alpha value is -5.03. The zero-order valence-electron chi connectivity index (χ0n) is 27.4. The molecule has 4 aromatic rings. The van der Waals surface area contributed by atoms with Crippen LogP contribution in [0.3, 0.4) is 0 Å². The van der Waals surface area contributed by atoms with E-state index in [0.29, 0.717) is 41.8 Å². The lowest BCUT2D eigenvalue weighted by atomic mass is 9.88. The van der Waals surface area contributed by atoms with Gasteiger partial charge in [-0.05, 0) is 77.8 Å². The molecule has 11 heteroatoms. The third kappa shape index (κ3) is 6.90. The number of nitrogens with zero attached hydrogens (tertiary/aromatic N) is 3. The summed E-state index contributed by atoms with van der Waals surface area (Å²) in [5.74, 6) is 2.89. The molecule has 0 spiro atoms. The maximum atomic E-state index is 13.6. The highest BCUT2D eigenvalue weighted by Crippen LogP contribution is 2.42. The van der Waals surface area contributed by atoms with Crippen molar-refractivity contribution in [3.63, 3.8) is 0 Å². The van der Waals surface area contributed by atoms with E-state index in [2.05, 4.69) is 38.4 Å². The molecule has 11 nitrogen and oxygen atoms in total. The van der Waals surface area contributed by atoms with E-state index in [1.165, 1.54) is 25.3 Å². The number of carbonyl (C=O) groups is 1. The molecular weight excluding hydrogens is 600 g/mol. The van der Waals surface area contributed by atoms with Gasteiger partial charge >= 0.3 is 6.01 Å². The molecule has 0 saturated heterocycles. The summed E-state index contributed by atoms with van der Waals surface area (Å²) in [5.41, 5.74) is 5.71. The summed E-state index contributed by atoms with van der Waals surface area (Å²) in [6.45, 7) is 0.946. The third-order valence-electron chi connectivity index (χ3n) is 8.85. The molecule has 2 unspecified atom stereocenters. The fourth-order valence-corrected chi connectivity index (χ4v) is 6.54. The highest BCUT2D eigenvalue weighted by Gasteiger charge is 2.32. The largest absolute Gasteiger partial charge is 0.493 e. The summed E-state index contributed by atoms with van der Waals surface area (Å²) in [6, 6.07) is 19.8. The molecular formula is C36H40N4O7. The van der Waals surface area contributed by atoms with Crippen molar-refractivity contribution in [3.05, 3.63) is 88.5 Å². The van der Waals surface area contributed by atoms with Crippen LogP contribution in [-0.2, 0) is 24.1 Å². The second-order valence-electron chi connectivity index (χ2n) is 11.5. The molecule has 6 rings (SSSR count). The zero-order chi connectivity index (χ0) is 32.9. The van der Waals surface area contributed by atoms with Gasteiger partial charge in [0.15, 0.2) is 23.0 Å². The van der Waals surface area contributed by atoms with Gasteiger partial charge in [0.1, 0.15) is 0 Å². The van der Waals surface area contributed by atoms with Gasteiger partial charge in [0.25, 0.3) is 0 Å². The van der Waals surface area contributed by atoms with Crippen LogP contribution in [0.2, 0.25) is 0 Å². The topological polar surface area (TPSA) is 114 Å². The first kappa shape index (κ1) is 31.9. The molecule has 0 bridgehead atoms. The van der Waals surface area contributed by atoms with Crippen LogP contribution in [0.5, 0.6) is 40.8 Å². The van der Waals surface area contributed by atoms with E-state index in [9.17, 15) is 4.79 Å². The van der Waals surface area contributed by atoms with Gasteiger partial charge in [-0.25, -0.2) is 0 Å². The van der Waals surface area contributed by atoms with Gasteiger partial charge in [-0.15, -0.1) is 0 Å². The number of ether oxygens (including phenoxy) is 6. The van der Waals surface area contributed by atoms with Crippen LogP contribution in [0.1, 0.15) is 46.3 Å². The molecule has 3 aromatic carbocycles. The Bertz CT molecular complexity index is 1720. The lowest BCUT2D eigenvalue weighted by Crippen LogP contribution is -2.44. The monoisotopic (exact) mass is 640 g/mol. The minimum atomic E-state index is -0.152. The predicted octanol–water partition coefficient (Wildman–Crippen LogP) is 5.26. The average molecular weight is 641 g/mol. The summed E-state index contributed by atoms with van der Waals surface area (Å²) in [6.07, 6.45) is 3.23. The number of nitrogens with one attached hydrogen (secondary N) is 1. The van der Waals surface area contributed by atoms with Crippen molar-refractivity contribution in [1.29, 1.82) is 0 Å². The van der Waals surface area contributed by atoms with E-state index in [1.54, 1.807) is 27.4 Å². The number of fused-ring (bicyclic) bond motifs is 2. The Labute approximate surface area is 274 Å². The Morgan fingerprint density at radius 3 is 2.30 bits per heavy atom. The number of benzene rings is 3. The molecule has 246 valence electrons. The molecule has 1 N–H and O–H groups in total. The summed E-state index contributed by atoms with van der Waals surface area (Å²) in [4.78, 5) is 24.4. The molecule has 0 radical (unpaired) electrons. The minimum absolute atomic E-state index is 0.00220. The van der Waals surface area contributed by atoms with Gasteiger partial charge < -0.3 is 33.7 Å². The number of aromatic nitrogens is 2. The van der Waals surface area contributed by atoms with E-state index in [1.807, 2.05) is 36.4 Å². The molecule has 1 aliphatic carbocycles. The fourth-order valence-electron chi connectivity index (χ4n) is 6.54. The fraction of sp³-hybridized carbons (Fsp3) is 0.361. The number of hydrogen-bond donors (Lipinski definition) is 1. The normalized spacial score (nSPS) is 16.9. The second kappa shape index (κ2) is 14.2. The molecule has 0 saturated carbocycles. The van der Waals surface area contributed by atoms with Crippen molar-refractivity contribution in [1.82, 2.24) is 20.2 Å². The quantitative estimate of drug-likeness (QED) is 0.220. The standard InChI is InChI=1S/C36H40N4O7/c1-42-29-13-10-22(17-30(29)43-2)16-28-26-19-32(47-35-20-34(45-4)38-36(39-35)46-5)31(44-3)18-24(26)14-15-40(28)21-33(41)37-27-12-11-23-8-6-7-9-25(23)27/h6-10,13,17-20,27-28H,11-12,14-16,21H2,1-5H3,(H,37,41). The molecule has 2 aliphatic rings. The number of methoxy groups -OCH3 is 5. The van der Waals surface area contributed by atoms with Gasteiger partial charge in [0.2, 0.25) is 17.7 Å². The first-order chi connectivity index (χ1) is 22.9. The highest BCUT2D eigenvalue weighted by molar-refractivity contribution is 5.79. The number of carbonyl (C=O) groups excluding carboxylic acids is 1. The summed E-state index contributed by atoms with van der Waals surface area (Å²) >= 11 is 0. The Morgan fingerprint density at radius 2 is 1.53 bits per heavy atom. The molecule has 2 atom stereocenters. The third-order valence-corrected chi connectivity index (χ3v) is 8.85. The second-order valence-corrected chi connectivity index (χ2v) is 11.5. The van der Waals surface area contributed by atoms with Crippen LogP contribution >= 0.6 is 0 Å². The first-order valence-electron chi connectivity index (χ1n) is 15.6. The lowest BCUT2D eigenvalue weighted by molar-refractivity contribution is -0.123. The summed E-state index contributed by atoms with van der Waals surface area (Å²) < 4.78 is 33.7. The van der Waals surface area contributed by atoms with Crippen molar-refractivity contribution in [2.75, 3.05) is 48.6 Å². The van der Waals surface area contributed by atoms with Gasteiger partial charge in [0, 0.05) is 12.6 Å². The van der Waals surface area contributed by atoms with Crippen LogP contribution in [0.25, 0.3) is 0 Å². The van der Waals surface area contributed by atoms with E-state index < -0.39 is 0 Å². The van der Waals surface area contributed by atoms with Crippen molar-refractivity contribution in [3.8, 4) is 40.8 Å². The van der Waals surface area contributed by atoms with Crippen molar-refractivity contribution in [2.45, 2.75) is 37.8 Å². The van der Waals surface area contributed by atoms with Crippen LogP contribution in [0.15, 0.2) is 60.7 Å². The molecule has 0 fully saturated rings. The molecule has 1 aromatic heterocycles. The number of rotatable bonds is 12. The number of hydrogen-bond acceptors (Lipinski definition) is 10. The van der Waals surface area contributed by atoms with Crippen LogP contribution in [0, 0.1) is 0 Å².